The first-order valence-electron chi connectivity index (χ1n) is 4.79. The van der Waals surface area contributed by atoms with E-state index in [9.17, 15) is 13.2 Å². The zero-order valence-corrected chi connectivity index (χ0v) is 10.6. The summed E-state index contributed by atoms with van der Waals surface area (Å²) >= 11 is 3.24. The van der Waals surface area contributed by atoms with Crippen molar-refractivity contribution in [1.29, 1.82) is 5.26 Å². The highest BCUT2D eigenvalue weighted by molar-refractivity contribution is 9.10. The molecule has 1 unspecified atom stereocenters. The van der Waals surface area contributed by atoms with Crippen LogP contribution in [0.5, 0.6) is 0 Å². The van der Waals surface area contributed by atoms with E-state index in [1.807, 2.05) is 13.0 Å². The van der Waals surface area contributed by atoms with Gasteiger partial charge in [0.1, 0.15) is 6.04 Å². The maximum absolute atomic E-state index is 12.0. The van der Waals surface area contributed by atoms with Gasteiger partial charge in [-0.2, -0.15) is 18.4 Å². The smallest absolute Gasteiger partial charge is 0.290 e. The van der Waals surface area contributed by atoms with E-state index in [-0.39, 0.29) is 0 Å². The molecule has 0 spiro atoms. The van der Waals surface area contributed by atoms with Crippen molar-refractivity contribution in [2.45, 2.75) is 19.1 Å². The summed E-state index contributed by atoms with van der Waals surface area (Å²) in [6, 6.07) is 5.97. The minimum absolute atomic E-state index is 0.502. The van der Waals surface area contributed by atoms with Crippen LogP contribution in [0, 0.1) is 18.3 Å². The van der Waals surface area contributed by atoms with E-state index >= 15 is 0 Å². The lowest BCUT2D eigenvalue weighted by Crippen LogP contribution is -2.31. The summed E-state index contributed by atoms with van der Waals surface area (Å²) in [6.07, 6.45) is -4.33. The lowest BCUT2D eigenvalue weighted by molar-refractivity contribution is -0.125. The first-order valence-corrected chi connectivity index (χ1v) is 5.58. The third kappa shape index (κ3) is 4.36. The highest BCUT2D eigenvalue weighted by Gasteiger charge is 2.28. The SMILES string of the molecule is Cc1ccc(C(C#N)NCC(F)(F)F)c(Br)c1. The standard InChI is InChI=1S/C11H10BrF3N2/c1-7-2-3-8(9(12)4-7)10(5-16)17-6-11(13,14)15/h2-4,10,17H,6H2,1H3. The minimum Gasteiger partial charge on any atom is -0.290 e. The average molecular weight is 307 g/mol. The Morgan fingerprint density at radius 2 is 2.12 bits per heavy atom. The second-order valence-electron chi connectivity index (χ2n) is 3.58. The highest BCUT2D eigenvalue weighted by atomic mass is 79.9. The van der Waals surface area contributed by atoms with Crippen LogP contribution in [-0.2, 0) is 0 Å². The molecule has 1 rings (SSSR count). The zero-order valence-electron chi connectivity index (χ0n) is 8.98. The van der Waals surface area contributed by atoms with Crippen LogP contribution in [0.3, 0.4) is 0 Å². The molecular weight excluding hydrogens is 297 g/mol. The largest absolute Gasteiger partial charge is 0.401 e. The van der Waals surface area contributed by atoms with E-state index in [0.717, 1.165) is 5.56 Å². The van der Waals surface area contributed by atoms with Gasteiger partial charge in [-0.15, -0.1) is 0 Å². The number of hydrogen-bond donors (Lipinski definition) is 1. The average Bonchev–Trinajstić information content (AvgIpc) is 2.19. The highest BCUT2D eigenvalue weighted by Crippen LogP contribution is 2.25. The lowest BCUT2D eigenvalue weighted by Gasteiger charge is -2.15. The van der Waals surface area contributed by atoms with Crippen molar-refractivity contribution >= 4 is 15.9 Å². The van der Waals surface area contributed by atoms with E-state index in [1.165, 1.54) is 0 Å². The van der Waals surface area contributed by atoms with Gasteiger partial charge in [-0.25, -0.2) is 0 Å². The molecule has 6 heteroatoms. The van der Waals surface area contributed by atoms with Crippen LogP contribution in [0.2, 0.25) is 0 Å². The van der Waals surface area contributed by atoms with Gasteiger partial charge < -0.3 is 0 Å². The molecule has 0 bridgehead atoms. The van der Waals surface area contributed by atoms with Crippen molar-refractivity contribution in [3.63, 3.8) is 0 Å². The van der Waals surface area contributed by atoms with Crippen LogP contribution >= 0.6 is 15.9 Å². The van der Waals surface area contributed by atoms with Gasteiger partial charge in [0, 0.05) is 4.47 Å². The normalized spacial score (nSPS) is 13.2. The van der Waals surface area contributed by atoms with E-state index in [0.29, 0.717) is 10.0 Å². The summed E-state index contributed by atoms with van der Waals surface area (Å²) < 4.78 is 36.8. The van der Waals surface area contributed by atoms with Crippen molar-refractivity contribution in [3.05, 3.63) is 33.8 Å². The van der Waals surface area contributed by atoms with Gasteiger partial charge in [0.2, 0.25) is 0 Å². The van der Waals surface area contributed by atoms with E-state index < -0.39 is 18.8 Å². The molecule has 0 aliphatic rings. The monoisotopic (exact) mass is 306 g/mol. The lowest BCUT2D eigenvalue weighted by atomic mass is 10.1. The number of alkyl halides is 3. The molecule has 1 aromatic rings. The molecule has 92 valence electrons. The second kappa shape index (κ2) is 5.52. The Kier molecular flexibility index (Phi) is 4.54. The van der Waals surface area contributed by atoms with Crippen molar-refractivity contribution in [1.82, 2.24) is 5.32 Å². The molecule has 0 aliphatic heterocycles. The number of benzene rings is 1. The molecule has 0 amide bonds. The molecule has 17 heavy (non-hydrogen) atoms. The molecule has 1 aromatic carbocycles. The molecule has 2 nitrogen and oxygen atoms in total. The molecular formula is C11H10BrF3N2. The number of rotatable bonds is 3. The molecule has 0 heterocycles. The number of nitrogens with zero attached hydrogens (tertiary/aromatic N) is 1. The van der Waals surface area contributed by atoms with Crippen LogP contribution in [0.1, 0.15) is 17.2 Å². The fourth-order valence-electron chi connectivity index (χ4n) is 1.31. The zero-order chi connectivity index (χ0) is 13.1. The summed E-state index contributed by atoms with van der Waals surface area (Å²) in [5.74, 6) is 0. The fraction of sp³-hybridized carbons (Fsp3) is 0.364. The first kappa shape index (κ1) is 14.0. The van der Waals surface area contributed by atoms with E-state index in [2.05, 4.69) is 21.2 Å². The summed E-state index contributed by atoms with van der Waals surface area (Å²) in [7, 11) is 0. The number of nitriles is 1. The summed E-state index contributed by atoms with van der Waals surface area (Å²) in [4.78, 5) is 0. The first-order chi connectivity index (χ1) is 7.83. The topological polar surface area (TPSA) is 35.8 Å². The number of hydrogen-bond acceptors (Lipinski definition) is 2. The Morgan fingerprint density at radius 3 is 2.59 bits per heavy atom. The Morgan fingerprint density at radius 1 is 1.47 bits per heavy atom. The minimum atomic E-state index is -4.33. The molecule has 0 saturated heterocycles. The van der Waals surface area contributed by atoms with Crippen LogP contribution in [0.4, 0.5) is 13.2 Å². The predicted molar refractivity (Wildman–Crippen MR) is 61.3 cm³/mol. The summed E-state index contributed by atoms with van der Waals surface area (Å²) in [5.41, 5.74) is 1.47. The maximum Gasteiger partial charge on any atom is 0.401 e. The van der Waals surface area contributed by atoms with Crippen LogP contribution in [-0.4, -0.2) is 12.7 Å². The van der Waals surface area contributed by atoms with Gasteiger partial charge >= 0.3 is 6.18 Å². The number of nitrogens with one attached hydrogen (secondary N) is 1. The van der Waals surface area contributed by atoms with Crippen molar-refractivity contribution < 1.29 is 13.2 Å². The number of halogens is 4. The third-order valence-electron chi connectivity index (χ3n) is 2.10. The molecule has 0 saturated carbocycles. The van der Waals surface area contributed by atoms with Gasteiger partial charge in [0.25, 0.3) is 0 Å². The fourth-order valence-corrected chi connectivity index (χ4v) is 2.03. The van der Waals surface area contributed by atoms with Gasteiger partial charge in [-0.05, 0) is 24.1 Å². The van der Waals surface area contributed by atoms with Gasteiger partial charge in [0.15, 0.2) is 0 Å². The van der Waals surface area contributed by atoms with Crippen molar-refractivity contribution in [2.75, 3.05) is 6.54 Å². The van der Waals surface area contributed by atoms with Crippen LogP contribution < -0.4 is 5.32 Å². The molecule has 0 fully saturated rings. The molecule has 0 aliphatic carbocycles. The summed E-state index contributed by atoms with van der Waals surface area (Å²) in [5, 5.41) is 11.0. The Bertz CT molecular complexity index is 437. The summed E-state index contributed by atoms with van der Waals surface area (Å²) in [6.45, 7) is 0.671. The van der Waals surface area contributed by atoms with Crippen molar-refractivity contribution in [2.24, 2.45) is 0 Å². The van der Waals surface area contributed by atoms with Crippen LogP contribution in [0.25, 0.3) is 0 Å². The molecule has 1 atom stereocenters. The molecule has 0 radical (unpaired) electrons. The van der Waals surface area contributed by atoms with Crippen molar-refractivity contribution in [3.8, 4) is 6.07 Å². The third-order valence-corrected chi connectivity index (χ3v) is 2.79. The van der Waals surface area contributed by atoms with E-state index in [4.69, 9.17) is 5.26 Å². The van der Waals surface area contributed by atoms with E-state index in [1.54, 1.807) is 18.2 Å². The Balaban J connectivity index is 2.84. The number of aryl methyl sites for hydroxylation is 1. The second-order valence-corrected chi connectivity index (χ2v) is 4.44. The molecule has 1 N–H and O–H groups in total. The van der Waals surface area contributed by atoms with Gasteiger partial charge in [0.05, 0.1) is 12.6 Å². The predicted octanol–water partition coefficient (Wildman–Crippen LogP) is 3.47. The maximum atomic E-state index is 12.0. The van der Waals surface area contributed by atoms with Gasteiger partial charge in [-0.1, -0.05) is 28.1 Å². The Labute approximate surface area is 106 Å². The van der Waals surface area contributed by atoms with Crippen LogP contribution in [0.15, 0.2) is 22.7 Å². The molecule has 0 aromatic heterocycles. The Hall–Kier alpha value is -1.06. The van der Waals surface area contributed by atoms with Gasteiger partial charge in [-0.3, -0.25) is 5.32 Å². The quantitative estimate of drug-likeness (QED) is 0.928.